The minimum absolute atomic E-state index is 0.288. The molecular weight excluding hydrogens is 492 g/mol. The molecule has 1 saturated heterocycles. The fourth-order valence-corrected chi connectivity index (χ4v) is 4.86. The lowest BCUT2D eigenvalue weighted by molar-refractivity contribution is -0.111. The summed E-state index contributed by atoms with van der Waals surface area (Å²) in [6.07, 6.45) is 4.06. The van der Waals surface area contributed by atoms with Crippen LogP contribution in [0.4, 0.5) is 28.6 Å². The SMILES string of the molecule is C=CC(=O)Nc1cc(Nc2cc(-c3ccc(NC)c(C=N)c3)ncn2)c(OC)cc1N1CCN(CC)[C@H](C)C1. The van der Waals surface area contributed by atoms with Crippen LogP contribution in [0.5, 0.6) is 5.75 Å². The molecule has 4 N–H and O–H groups in total. The van der Waals surface area contributed by atoms with Crippen LogP contribution in [0, 0.1) is 5.41 Å². The first-order valence-electron chi connectivity index (χ1n) is 13.0. The van der Waals surface area contributed by atoms with E-state index in [9.17, 15) is 4.79 Å². The van der Waals surface area contributed by atoms with Gasteiger partial charge in [-0.05, 0) is 37.7 Å². The molecule has 204 valence electrons. The summed E-state index contributed by atoms with van der Waals surface area (Å²) in [6.45, 7) is 11.6. The minimum atomic E-state index is -0.288. The highest BCUT2D eigenvalue weighted by molar-refractivity contribution is 6.02. The van der Waals surface area contributed by atoms with E-state index in [2.05, 4.69) is 56.1 Å². The highest BCUT2D eigenvalue weighted by Crippen LogP contribution is 2.39. The first kappa shape index (κ1) is 27.6. The summed E-state index contributed by atoms with van der Waals surface area (Å²) in [5, 5.41) is 17.1. The predicted octanol–water partition coefficient (Wildman–Crippen LogP) is 4.59. The fourth-order valence-electron chi connectivity index (χ4n) is 4.86. The van der Waals surface area contributed by atoms with Gasteiger partial charge in [-0.3, -0.25) is 9.69 Å². The molecule has 3 aromatic rings. The van der Waals surface area contributed by atoms with Crippen molar-refractivity contribution in [3.05, 3.63) is 60.9 Å². The van der Waals surface area contributed by atoms with Gasteiger partial charge in [0.05, 0.1) is 29.9 Å². The molecule has 0 spiro atoms. The maximum atomic E-state index is 12.4. The van der Waals surface area contributed by atoms with E-state index < -0.39 is 0 Å². The molecule has 39 heavy (non-hydrogen) atoms. The van der Waals surface area contributed by atoms with Crippen LogP contribution >= 0.6 is 0 Å². The smallest absolute Gasteiger partial charge is 0.247 e. The standard InChI is InChI=1S/C29H36N8O2/c1-6-29(38)35-24-13-25(27(39-5)15-26(24)37-11-10-36(7-2)19(3)17-37)34-28-14-23(32-18-33-28)20-8-9-22(31-4)21(12-20)16-30/h6,8-9,12-16,18-19,30-31H,1,7,10-11,17H2,2-5H3,(H,35,38)(H,32,33,34)/t19-/m1/s1. The van der Waals surface area contributed by atoms with Crippen molar-refractivity contribution in [2.24, 2.45) is 0 Å². The number of amides is 1. The molecule has 1 aliphatic heterocycles. The van der Waals surface area contributed by atoms with E-state index in [1.807, 2.05) is 43.4 Å². The predicted molar refractivity (Wildman–Crippen MR) is 159 cm³/mol. The van der Waals surface area contributed by atoms with Crippen molar-refractivity contribution >= 4 is 40.7 Å². The zero-order valence-corrected chi connectivity index (χ0v) is 22.9. The van der Waals surface area contributed by atoms with E-state index in [0.29, 0.717) is 34.7 Å². The van der Waals surface area contributed by atoms with Gasteiger partial charge in [0.25, 0.3) is 0 Å². The normalized spacial score (nSPS) is 15.4. The Morgan fingerprint density at radius 3 is 2.67 bits per heavy atom. The Hall–Kier alpha value is -4.44. The lowest BCUT2D eigenvalue weighted by Gasteiger charge is -2.41. The molecule has 10 heteroatoms. The number of carbonyl (C=O) groups excluding carboxylic acids is 1. The molecule has 10 nitrogen and oxygen atoms in total. The number of nitrogens with zero attached hydrogens (tertiary/aromatic N) is 4. The fraction of sp³-hybridized carbons (Fsp3) is 0.310. The molecule has 1 atom stereocenters. The molecule has 0 unspecified atom stereocenters. The van der Waals surface area contributed by atoms with E-state index in [0.717, 1.165) is 48.7 Å². The number of methoxy groups -OCH3 is 1. The zero-order valence-electron chi connectivity index (χ0n) is 22.9. The third kappa shape index (κ3) is 6.18. The molecular formula is C29H36N8O2. The van der Waals surface area contributed by atoms with Gasteiger partial charge in [0.15, 0.2) is 0 Å². The average Bonchev–Trinajstić information content (AvgIpc) is 2.96. The number of piperazine rings is 1. The average molecular weight is 529 g/mol. The number of hydrogen-bond acceptors (Lipinski definition) is 9. The number of nitrogens with one attached hydrogen (secondary N) is 4. The molecule has 0 bridgehead atoms. The van der Waals surface area contributed by atoms with Crippen molar-refractivity contribution in [2.45, 2.75) is 19.9 Å². The van der Waals surface area contributed by atoms with Crippen LogP contribution in [0.3, 0.4) is 0 Å². The van der Waals surface area contributed by atoms with Crippen LogP contribution in [-0.2, 0) is 4.79 Å². The van der Waals surface area contributed by atoms with Crippen LogP contribution in [0.1, 0.15) is 19.4 Å². The second-order valence-electron chi connectivity index (χ2n) is 9.30. The van der Waals surface area contributed by atoms with Crippen LogP contribution in [0.2, 0.25) is 0 Å². The molecule has 2 aromatic carbocycles. The van der Waals surface area contributed by atoms with E-state index in [1.54, 1.807) is 7.11 Å². The maximum absolute atomic E-state index is 12.4. The number of likely N-dealkylation sites (N-methyl/N-ethyl adjacent to an activating group) is 1. The van der Waals surface area contributed by atoms with Crippen LogP contribution in [0.15, 0.2) is 55.4 Å². The molecule has 2 heterocycles. The van der Waals surface area contributed by atoms with Gasteiger partial charge in [-0.2, -0.15) is 0 Å². The first-order chi connectivity index (χ1) is 18.9. The van der Waals surface area contributed by atoms with E-state index in [1.165, 1.54) is 18.6 Å². The molecule has 1 aromatic heterocycles. The third-order valence-corrected chi connectivity index (χ3v) is 6.98. The largest absolute Gasteiger partial charge is 0.494 e. The molecule has 0 aliphatic carbocycles. The molecule has 1 amide bonds. The quantitative estimate of drug-likeness (QED) is 0.223. The molecule has 0 saturated carbocycles. The molecule has 1 aliphatic rings. The Kier molecular flexibility index (Phi) is 8.77. The van der Waals surface area contributed by atoms with Crippen molar-refractivity contribution in [1.82, 2.24) is 14.9 Å². The van der Waals surface area contributed by atoms with Gasteiger partial charge in [0.2, 0.25) is 5.91 Å². The van der Waals surface area contributed by atoms with Gasteiger partial charge in [-0.15, -0.1) is 0 Å². The Morgan fingerprint density at radius 2 is 2.00 bits per heavy atom. The Labute approximate surface area is 229 Å². The van der Waals surface area contributed by atoms with Crippen molar-refractivity contribution < 1.29 is 9.53 Å². The molecule has 1 fully saturated rings. The second kappa shape index (κ2) is 12.4. The molecule has 0 radical (unpaired) electrons. The lowest BCUT2D eigenvalue weighted by Crippen LogP contribution is -2.51. The number of benzene rings is 2. The summed E-state index contributed by atoms with van der Waals surface area (Å²) in [6, 6.07) is 11.8. The van der Waals surface area contributed by atoms with Gasteiger partial charge in [0.1, 0.15) is 17.9 Å². The maximum Gasteiger partial charge on any atom is 0.247 e. The van der Waals surface area contributed by atoms with E-state index >= 15 is 0 Å². The van der Waals surface area contributed by atoms with Crippen molar-refractivity contribution in [3.63, 3.8) is 0 Å². The summed E-state index contributed by atoms with van der Waals surface area (Å²) in [5.41, 5.74) is 5.39. The topological polar surface area (TPSA) is 118 Å². The van der Waals surface area contributed by atoms with Crippen molar-refractivity contribution in [2.75, 3.05) is 61.2 Å². The first-order valence-corrected chi connectivity index (χ1v) is 13.0. The Balaban J connectivity index is 1.68. The lowest BCUT2D eigenvalue weighted by atomic mass is 10.1. The van der Waals surface area contributed by atoms with Gasteiger partial charge >= 0.3 is 0 Å². The number of ether oxygens (including phenoxy) is 1. The monoisotopic (exact) mass is 528 g/mol. The van der Waals surface area contributed by atoms with Gasteiger partial charge < -0.3 is 31.0 Å². The van der Waals surface area contributed by atoms with Crippen LogP contribution in [0.25, 0.3) is 11.3 Å². The van der Waals surface area contributed by atoms with Gasteiger partial charge in [-0.25, -0.2) is 9.97 Å². The van der Waals surface area contributed by atoms with Crippen LogP contribution in [-0.4, -0.2) is 73.4 Å². The number of hydrogen-bond donors (Lipinski definition) is 4. The number of anilines is 5. The zero-order chi connectivity index (χ0) is 27.9. The number of carbonyl (C=O) groups is 1. The highest BCUT2D eigenvalue weighted by atomic mass is 16.5. The summed E-state index contributed by atoms with van der Waals surface area (Å²) in [4.78, 5) is 25.9. The Bertz CT molecular complexity index is 1360. The summed E-state index contributed by atoms with van der Waals surface area (Å²) in [7, 11) is 3.45. The summed E-state index contributed by atoms with van der Waals surface area (Å²) in [5.74, 6) is 0.895. The van der Waals surface area contributed by atoms with Crippen molar-refractivity contribution in [3.8, 4) is 17.0 Å². The number of rotatable bonds is 10. The molecule has 4 rings (SSSR count). The van der Waals surface area contributed by atoms with Crippen molar-refractivity contribution in [1.29, 1.82) is 5.41 Å². The Morgan fingerprint density at radius 1 is 1.18 bits per heavy atom. The summed E-state index contributed by atoms with van der Waals surface area (Å²) >= 11 is 0. The van der Waals surface area contributed by atoms with Gasteiger partial charge in [0, 0.05) is 67.9 Å². The van der Waals surface area contributed by atoms with E-state index in [-0.39, 0.29) is 5.91 Å². The van der Waals surface area contributed by atoms with Gasteiger partial charge in [-0.1, -0.05) is 19.6 Å². The van der Waals surface area contributed by atoms with E-state index in [4.69, 9.17) is 10.1 Å². The second-order valence-corrected chi connectivity index (χ2v) is 9.30. The highest BCUT2D eigenvalue weighted by Gasteiger charge is 2.25. The minimum Gasteiger partial charge on any atom is -0.494 e. The summed E-state index contributed by atoms with van der Waals surface area (Å²) < 4.78 is 5.77. The third-order valence-electron chi connectivity index (χ3n) is 6.98. The van der Waals surface area contributed by atoms with Crippen LogP contribution < -0.4 is 25.6 Å². The number of aromatic nitrogens is 2.